The Balaban J connectivity index is 2.71. The van der Waals surface area contributed by atoms with Crippen molar-refractivity contribution >= 4 is 45.3 Å². The Labute approximate surface area is 139 Å². The molecule has 2 rings (SSSR count). The SMILES string of the molecule is CC(C)c1ccc2sc(C(C(=O)[O-])C(=O)[S-])nc2c1C(C)C. The number of hydrogen-bond donors (Lipinski definition) is 0. The second-order valence-electron chi connectivity index (χ2n) is 5.85. The first-order valence-electron chi connectivity index (χ1n) is 7.09. The van der Waals surface area contributed by atoms with Crippen LogP contribution in [0.3, 0.4) is 0 Å². The van der Waals surface area contributed by atoms with Crippen molar-refractivity contribution in [3.63, 3.8) is 0 Å². The van der Waals surface area contributed by atoms with E-state index in [0.29, 0.717) is 5.92 Å². The fraction of sp³-hybridized carbons (Fsp3) is 0.438. The summed E-state index contributed by atoms with van der Waals surface area (Å²) in [6.07, 6.45) is 0. The van der Waals surface area contributed by atoms with E-state index in [4.69, 9.17) is 0 Å². The maximum Gasteiger partial charge on any atom is 0.108 e. The molecule has 0 aliphatic carbocycles. The number of carboxylic acid groups (broad SMARTS) is 1. The number of thiazole rings is 1. The van der Waals surface area contributed by atoms with E-state index in [1.165, 1.54) is 16.9 Å². The molecular weight excluding hydrogens is 318 g/mol. The first kappa shape index (κ1) is 16.8. The molecule has 0 saturated carbocycles. The molecule has 1 atom stereocenters. The summed E-state index contributed by atoms with van der Waals surface area (Å²) in [5.41, 5.74) is 3.06. The van der Waals surface area contributed by atoms with Crippen LogP contribution < -0.4 is 5.11 Å². The summed E-state index contributed by atoms with van der Waals surface area (Å²) in [6.45, 7) is 8.37. The lowest BCUT2D eigenvalue weighted by molar-refractivity contribution is -0.306. The molecule has 22 heavy (non-hydrogen) atoms. The molecule has 0 spiro atoms. The monoisotopic (exact) mass is 335 g/mol. The quantitative estimate of drug-likeness (QED) is 0.620. The number of fused-ring (bicyclic) bond motifs is 1. The van der Waals surface area contributed by atoms with Gasteiger partial charge in [0.2, 0.25) is 0 Å². The van der Waals surface area contributed by atoms with Gasteiger partial charge < -0.3 is 27.3 Å². The zero-order valence-electron chi connectivity index (χ0n) is 12.9. The van der Waals surface area contributed by atoms with Crippen molar-refractivity contribution in [2.45, 2.75) is 45.4 Å². The van der Waals surface area contributed by atoms with Crippen molar-refractivity contribution < 1.29 is 14.7 Å². The van der Waals surface area contributed by atoms with Crippen molar-refractivity contribution in [2.75, 3.05) is 0 Å². The molecule has 118 valence electrons. The van der Waals surface area contributed by atoms with Crippen molar-refractivity contribution in [2.24, 2.45) is 0 Å². The maximum atomic E-state index is 11.4. The molecule has 0 amide bonds. The van der Waals surface area contributed by atoms with E-state index in [1.54, 1.807) is 0 Å². The number of carbonyl (C=O) groups is 2. The Kier molecular flexibility index (Phi) is 4.82. The lowest BCUT2D eigenvalue weighted by Gasteiger charge is -2.17. The number of aliphatic carboxylic acids is 1. The summed E-state index contributed by atoms with van der Waals surface area (Å²) >= 11 is 5.72. The zero-order valence-corrected chi connectivity index (χ0v) is 14.5. The van der Waals surface area contributed by atoms with Crippen molar-refractivity contribution in [3.05, 3.63) is 28.3 Å². The summed E-state index contributed by atoms with van der Waals surface area (Å²) in [7, 11) is 0. The Hall–Kier alpha value is -1.53. The van der Waals surface area contributed by atoms with Crippen LogP contribution in [0, 0.1) is 0 Å². The van der Waals surface area contributed by atoms with Gasteiger partial charge in [0.25, 0.3) is 0 Å². The van der Waals surface area contributed by atoms with Gasteiger partial charge in [-0.05, 0) is 29.0 Å². The van der Waals surface area contributed by atoms with Crippen LogP contribution in [-0.4, -0.2) is 16.1 Å². The minimum absolute atomic E-state index is 0.206. The normalized spacial score (nSPS) is 13.0. The molecule has 0 saturated heterocycles. The summed E-state index contributed by atoms with van der Waals surface area (Å²) in [5, 5.41) is 10.5. The van der Waals surface area contributed by atoms with Crippen LogP contribution in [0.25, 0.3) is 10.2 Å². The number of carboxylic acids is 1. The highest BCUT2D eigenvalue weighted by molar-refractivity contribution is 7.77. The smallest absolute Gasteiger partial charge is 0.108 e. The van der Waals surface area contributed by atoms with Gasteiger partial charge in [-0.1, -0.05) is 33.8 Å². The average Bonchev–Trinajstić information content (AvgIpc) is 2.78. The third-order valence-corrected chi connectivity index (χ3v) is 4.89. The fourth-order valence-corrected chi connectivity index (χ4v) is 3.93. The van der Waals surface area contributed by atoms with Gasteiger partial charge >= 0.3 is 0 Å². The molecule has 6 heteroatoms. The van der Waals surface area contributed by atoms with Gasteiger partial charge in [0.1, 0.15) is 5.01 Å². The summed E-state index contributed by atoms with van der Waals surface area (Å²) in [6, 6.07) is 3.98. The molecule has 1 heterocycles. The molecule has 4 nitrogen and oxygen atoms in total. The van der Waals surface area contributed by atoms with E-state index in [9.17, 15) is 14.7 Å². The largest absolute Gasteiger partial charge is 0.741 e. The van der Waals surface area contributed by atoms with Gasteiger partial charge in [-0.3, -0.25) is 0 Å². The van der Waals surface area contributed by atoms with Gasteiger partial charge in [0, 0.05) is 5.12 Å². The summed E-state index contributed by atoms with van der Waals surface area (Å²) in [4.78, 5) is 27.0. The first-order chi connectivity index (χ1) is 10.2. The molecular formula is C16H17NO3S2-2. The van der Waals surface area contributed by atoms with Crippen molar-refractivity contribution in [3.8, 4) is 0 Å². The van der Waals surface area contributed by atoms with E-state index in [2.05, 4.69) is 45.3 Å². The average molecular weight is 335 g/mol. The third kappa shape index (κ3) is 2.98. The zero-order chi connectivity index (χ0) is 16.6. The number of nitrogens with zero attached hydrogens (tertiary/aromatic N) is 1. The van der Waals surface area contributed by atoms with Gasteiger partial charge in [-0.2, -0.15) is 0 Å². The van der Waals surface area contributed by atoms with Crippen LogP contribution in [0.15, 0.2) is 12.1 Å². The molecule has 0 bridgehead atoms. The van der Waals surface area contributed by atoms with E-state index < -0.39 is 17.0 Å². The van der Waals surface area contributed by atoms with E-state index in [-0.39, 0.29) is 10.9 Å². The standard InChI is InChI=1S/C16H19NO3S2/c1-7(2)9-5-6-10-13(11(9)8(3)4)17-14(22-10)12(15(18)19)16(20)21/h5-8,12H,1-4H3,(H,18,19)(H,20,21)/p-2. The minimum atomic E-state index is -1.49. The van der Waals surface area contributed by atoms with Gasteiger partial charge in [-0.15, -0.1) is 11.3 Å². The Morgan fingerprint density at radius 2 is 1.82 bits per heavy atom. The Bertz CT molecular complexity index is 720. The fourth-order valence-electron chi connectivity index (χ4n) is 2.58. The highest BCUT2D eigenvalue weighted by atomic mass is 32.1. The van der Waals surface area contributed by atoms with Crippen LogP contribution in [0.5, 0.6) is 0 Å². The molecule has 0 aliphatic heterocycles. The molecule has 1 unspecified atom stereocenters. The highest BCUT2D eigenvalue weighted by Crippen LogP contribution is 2.37. The van der Waals surface area contributed by atoms with Crippen molar-refractivity contribution in [1.29, 1.82) is 0 Å². The van der Waals surface area contributed by atoms with E-state index in [1.807, 2.05) is 12.1 Å². The van der Waals surface area contributed by atoms with E-state index in [0.717, 1.165) is 15.8 Å². The van der Waals surface area contributed by atoms with Crippen molar-refractivity contribution in [1.82, 2.24) is 4.98 Å². The number of rotatable bonds is 5. The molecule has 2 aromatic rings. The molecule has 0 radical (unpaired) electrons. The second kappa shape index (κ2) is 6.30. The highest BCUT2D eigenvalue weighted by Gasteiger charge is 2.22. The number of benzene rings is 1. The van der Waals surface area contributed by atoms with E-state index >= 15 is 0 Å². The number of aromatic nitrogens is 1. The Morgan fingerprint density at radius 3 is 2.27 bits per heavy atom. The van der Waals surface area contributed by atoms with Crippen LogP contribution in [-0.2, 0) is 22.2 Å². The second-order valence-corrected chi connectivity index (χ2v) is 7.31. The molecule has 0 N–H and O–H groups in total. The van der Waals surface area contributed by atoms with Gasteiger partial charge in [0.15, 0.2) is 0 Å². The molecule has 0 aliphatic rings. The number of carbonyl (C=O) groups excluding carboxylic acids is 2. The van der Waals surface area contributed by atoms with Crippen LogP contribution in [0.2, 0.25) is 0 Å². The lowest BCUT2D eigenvalue weighted by Crippen LogP contribution is -2.33. The van der Waals surface area contributed by atoms with Crippen LogP contribution >= 0.6 is 11.3 Å². The summed E-state index contributed by atoms with van der Waals surface area (Å²) < 4.78 is 0.866. The van der Waals surface area contributed by atoms with Gasteiger partial charge in [-0.25, -0.2) is 4.98 Å². The molecule has 0 fully saturated rings. The van der Waals surface area contributed by atoms with Crippen LogP contribution in [0.1, 0.15) is 61.6 Å². The number of hydrogen-bond acceptors (Lipinski definition) is 6. The molecule has 1 aromatic heterocycles. The predicted molar refractivity (Wildman–Crippen MR) is 87.9 cm³/mol. The lowest BCUT2D eigenvalue weighted by atomic mass is 9.90. The topological polar surface area (TPSA) is 70.1 Å². The maximum absolute atomic E-state index is 11.4. The first-order valence-corrected chi connectivity index (χ1v) is 8.31. The predicted octanol–water partition coefficient (Wildman–Crippen LogP) is 2.45. The summed E-state index contributed by atoms with van der Waals surface area (Å²) in [5.74, 6) is -2.37. The minimum Gasteiger partial charge on any atom is -0.741 e. The van der Waals surface area contributed by atoms with Crippen LogP contribution in [0.4, 0.5) is 0 Å². The third-order valence-electron chi connectivity index (χ3n) is 3.57. The molecule has 1 aromatic carbocycles. The van der Waals surface area contributed by atoms with Gasteiger partial charge in [0.05, 0.1) is 22.1 Å². The Morgan fingerprint density at radius 1 is 1.18 bits per heavy atom.